The van der Waals surface area contributed by atoms with E-state index in [9.17, 15) is 4.79 Å². The molecule has 0 radical (unpaired) electrons. The average molecular weight is 492 g/mol. The molecular weight excluding hydrogens is 472 g/mol. The molecule has 1 spiro atoms. The third kappa shape index (κ3) is 3.32. The molecule has 156 valence electrons. The fourth-order valence-electron chi connectivity index (χ4n) is 4.77. The van der Waals surface area contributed by atoms with Crippen LogP contribution >= 0.6 is 27.5 Å². The summed E-state index contributed by atoms with van der Waals surface area (Å²) in [6, 6.07) is 9.39. The zero-order valence-corrected chi connectivity index (χ0v) is 18.3. The Hall–Kier alpha value is -2.32. The van der Waals surface area contributed by atoms with Gasteiger partial charge in [-0.25, -0.2) is 9.98 Å². The van der Waals surface area contributed by atoms with Crippen LogP contribution in [0.15, 0.2) is 46.0 Å². The van der Waals surface area contributed by atoms with Gasteiger partial charge in [-0.05, 0) is 49.6 Å². The Balaban J connectivity index is 1.43. The molecule has 4 atom stereocenters. The molecule has 5 rings (SSSR count). The molecule has 7 nitrogen and oxygen atoms in total. The molecule has 0 saturated heterocycles. The van der Waals surface area contributed by atoms with Gasteiger partial charge in [0.05, 0.1) is 5.02 Å². The van der Waals surface area contributed by atoms with E-state index in [0.717, 1.165) is 28.6 Å². The smallest absolute Gasteiger partial charge is 0.283 e. The van der Waals surface area contributed by atoms with Crippen LogP contribution in [0.2, 0.25) is 5.02 Å². The fraction of sp³-hybridized carbons (Fsp3) is 0.381. The molecule has 0 bridgehead atoms. The molecule has 2 aromatic rings. The highest BCUT2D eigenvalue weighted by Gasteiger charge is 2.55. The Labute approximate surface area is 187 Å². The number of carbonyl (C=O) groups is 1. The van der Waals surface area contributed by atoms with Crippen LogP contribution in [0.4, 0.5) is 0 Å². The largest absolute Gasteiger partial charge is 0.490 e. The van der Waals surface area contributed by atoms with Crippen LogP contribution in [0.1, 0.15) is 35.3 Å². The predicted molar refractivity (Wildman–Crippen MR) is 116 cm³/mol. The van der Waals surface area contributed by atoms with E-state index >= 15 is 0 Å². The lowest BCUT2D eigenvalue weighted by Gasteiger charge is -2.48. The van der Waals surface area contributed by atoms with Gasteiger partial charge < -0.3 is 20.5 Å². The van der Waals surface area contributed by atoms with Gasteiger partial charge in [-0.2, -0.15) is 0 Å². The minimum absolute atomic E-state index is 0.0151. The third-order valence-corrected chi connectivity index (χ3v) is 6.85. The first-order chi connectivity index (χ1) is 14.4. The summed E-state index contributed by atoms with van der Waals surface area (Å²) in [5.41, 5.74) is 6.64. The number of halogens is 2. The normalized spacial score (nSPS) is 29.3. The standard InChI is InChI=1S/C21H20BrClN4O3/c22-11-1-5-17-14(7-11)21(10-29-20(24)27-21)15-8-13(3-6-18(15)30-17)26-19(28)16-4-2-12(23)9-25-16/h1-2,4-5,7,9,13,15,18H,3,6,8,10H2,(H2,24,27)(H,26,28)/t13?,15-,18-,21?/m0/s1. The van der Waals surface area contributed by atoms with Crippen molar-refractivity contribution < 1.29 is 14.3 Å². The molecule has 30 heavy (non-hydrogen) atoms. The van der Waals surface area contributed by atoms with E-state index in [1.807, 2.05) is 18.2 Å². The van der Waals surface area contributed by atoms with E-state index in [0.29, 0.717) is 23.7 Å². The van der Waals surface area contributed by atoms with Gasteiger partial charge >= 0.3 is 0 Å². The molecule has 1 amide bonds. The number of hydrogen-bond donors (Lipinski definition) is 2. The van der Waals surface area contributed by atoms with Crippen molar-refractivity contribution in [2.24, 2.45) is 16.6 Å². The monoisotopic (exact) mass is 490 g/mol. The Morgan fingerprint density at radius 3 is 2.90 bits per heavy atom. The molecule has 1 aromatic heterocycles. The van der Waals surface area contributed by atoms with Gasteiger partial charge in [0.2, 0.25) is 0 Å². The second kappa shape index (κ2) is 7.42. The van der Waals surface area contributed by atoms with Crippen LogP contribution in [-0.4, -0.2) is 35.7 Å². The summed E-state index contributed by atoms with van der Waals surface area (Å²) in [6.45, 7) is 0.367. The van der Waals surface area contributed by atoms with Crippen molar-refractivity contribution in [2.45, 2.75) is 36.9 Å². The second-order valence-corrected chi connectivity index (χ2v) is 9.26. The maximum absolute atomic E-state index is 12.7. The number of fused-ring (bicyclic) bond motifs is 4. The number of hydrogen-bond acceptors (Lipinski definition) is 6. The molecule has 1 saturated carbocycles. The quantitative estimate of drug-likeness (QED) is 0.671. The lowest BCUT2D eigenvalue weighted by Crippen LogP contribution is -2.54. The highest BCUT2D eigenvalue weighted by Crippen LogP contribution is 2.52. The van der Waals surface area contributed by atoms with Crippen molar-refractivity contribution in [1.82, 2.24) is 10.3 Å². The first kappa shape index (κ1) is 19.6. The number of pyridine rings is 1. The zero-order chi connectivity index (χ0) is 20.9. The number of amides is 1. The molecule has 1 aromatic carbocycles. The molecule has 1 fully saturated rings. The Kier molecular flexibility index (Phi) is 4.86. The number of nitrogens with one attached hydrogen (secondary N) is 1. The molecule has 3 N–H and O–H groups in total. The molecule has 2 unspecified atom stereocenters. The SMILES string of the molecule is NC1=NC2(CO1)c1cc(Br)ccc1O[C@H]1CCC(NC(=O)c3ccc(Cl)cn3)C[C@@H]12. The Bertz CT molecular complexity index is 1030. The summed E-state index contributed by atoms with van der Waals surface area (Å²) in [5, 5.41) is 3.61. The van der Waals surface area contributed by atoms with E-state index < -0.39 is 5.54 Å². The van der Waals surface area contributed by atoms with Crippen molar-refractivity contribution in [2.75, 3.05) is 6.61 Å². The predicted octanol–water partition coefficient (Wildman–Crippen LogP) is 3.40. The van der Waals surface area contributed by atoms with Crippen LogP contribution in [0, 0.1) is 5.92 Å². The number of aliphatic imine (C=N–C) groups is 1. The van der Waals surface area contributed by atoms with E-state index in [4.69, 9.17) is 31.8 Å². The number of aromatic nitrogens is 1. The van der Waals surface area contributed by atoms with Crippen LogP contribution < -0.4 is 15.8 Å². The van der Waals surface area contributed by atoms with Gasteiger partial charge in [-0.3, -0.25) is 4.79 Å². The highest BCUT2D eigenvalue weighted by atomic mass is 79.9. The topological polar surface area (TPSA) is 98.8 Å². The highest BCUT2D eigenvalue weighted by molar-refractivity contribution is 9.10. The summed E-state index contributed by atoms with van der Waals surface area (Å²) < 4.78 is 12.9. The van der Waals surface area contributed by atoms with Gasteiger partial charge in [0.1, 0.15) is 29.7 Å². The number of nitrogens with two attached hydrogens (primary N) is 1. The van der Waals surface area contributed by atoms with Crippen LogP contribution in [-0.2, 0) is 10.3 Å². The Morgan fingerprint density at radius 1 is 1.30 bits per heavy atom. The minimum Gasteiger partial charge on any atom is -0.490 e. The molecule has 3 aliphatic rings. The summed E-state index contributed by atoms with van der Waals surface area (Å²) in [6.07, 6.45) is 3.77. The van der Waals surface area contributed by atoms with Crippen molar-refractivity contribution in [1.29, 1.82) is 0 Å². The van der Waals surface area contributed by atoms with Crippen molar-refractivity contribution in [3.05, 3.63) is 57.3 Å². The van der Waals surface area contributed by atoms with Gasteiger partial charge in [-0.15, -0.1) is 0 Å². The van der Waals surface area contributed by atoms with E-state index in [-0.39, 0.29) is 30.0 Å². The fourth-order valence-corrected chi connectivity index (χ4v) is 5.24. The number of ether oxygens (including phenoxy) is 2. The van der Waals surface area contributed by atoms with Gasteiger partial charge in [0.15, 0.2) is 0 Å². The van der Waals surface area contributed by atoms with E-state index in [1.54, 1.807) is 12.1 Å². The number of carbonyl (C=O) groups excluding carboxylic acids is 1. The summed E-state index contributed by atoms with van der Waals surface area (Å²) >= 11 is 9.42. The maximum atomic E-state index is 12.7. The number of nitrogens with zero attached hydrogens (tertiary/aromatic N) is 2. The summed E-state index contributed by atoms with van der Waals surface area (Å²) in [7, 11) is 0. The first-order valence-corrected chi connectivity index (χ1v) is 11.0. The average Bonchev–Trinajstić information content (AvgIpc) is 3.12. The minimum atomic E-state index is -0.617. The molecule has 1 aliphatic carbocycles. The van der Waals surface area contributed by atoms with E-state index in [2.05, 4.69) is 26.2 Å². The Morgan fingerprint density at radius 2 is 2.17 bits per heavy atom. The van der Waals surface area contributed by atoms with Gasteiger partial charge in [-0.1, -0.05) is 27.5 Å². The second-order valence-electron chi connectivity index (χ2n) is 7.91. The van der Waals surface area contributed by atoms with Crippen LogP contribution in [0.3, 0.4) is 0 Å². The van der Waals surface area contributed by atoms with Gasteiger partial charge in [0.25, 0.3) is 11.9 Å². The molecular formula is C21H20BrClN4O3. The third-order valence-electron chi connectivity index (χ3n) is 6.13. The van der Waals surface area contributed by atoms with Crippen LogP contribution in [0.5, 0.6) is 5.75 Å². The zero-order valence-electron chi connectivity index (χ0n) is 16.0. The molecule has 9 heteroatoms. The number of rotatable bonds is 2. The van der Waals surface area contributed by atoms with Gasteiger partial charge in [0, 0.05) is 28.2 Å². The number of benzene rings is 1. The van der Waals surface area contributed by atoms with E-state index in [1.165, 1.54) is 6.20 Å². The summed E-state index contributed by atoms with van der Waals surface area (Å²) in [4.78, 5) is 21.5. The van der Waals surface area contributed by atoms with Crippen molar-refractivity contribution in [3.63, 3.8) is 0 Å². The maximum Gasteiger partial charge on any atom is 0.283 e. The lowest BCUT2D eigenvalue weighted by molar-refractivity contribution is -0.00194. The first-order valence-electron chi connectivity index (χ1n) is 9.82. The number of amidine groups is 1. The molecule has 2 aliphatic heterocycles. The lowest BCUT2D eigenvalue weighted by atomic mass is 9.67. The van der Waals surface area contributed by atoms with Crippen molar-refractivity contribution >= 4 is 39.5 Å². The summed E-state index contributed by atoms with van der Waals surface area (Å²) in [5.74, 6) is 0.627. The molecule has 3 heterocycles. The van der Waals surface area contributed by atoms with Crippen LogP contribution in [0.25, 0.3) is 0 Å². The van der Waals surface area contributed by atoms with Crippen molar-refractivity contribution in [3.8, 4) is 5.75 Å².